The van der Waals surface area contributed by atoms with Crippen LogP contribution in [0.1, 0.15) is 12.5 Å². The summed E-state index contributed by atoms with van der Waals surface area (Å²) in [6, 6.07) is 6.61. The van der Waals surface area contributed by atoms with Gasteiger partial charge in [0.05, 0.1) is 0 Å². The van der Waals surface area contributed by atoms with Crippen molar-refractivity contribution in [1.29, 1.82) is 0 Å². The standard InChI is InChI=1S/C11H13F.C2H2/c1-3-9(2)8-10-4-6-11(12)7-5-10;1-2/h3-7,9H,1,8H2,2H3;1-2H. The number of terminal acetylenes is 1. The van der Waals surface area contributed by atoms with Crippen LogP contribution in [0.25, 0.3) is 0 Å². The summed E-state index contributed by atoms with van der Waals surface area (Å²) in [6.07, 6.45) is 10.8. The molecular formula is C13H15F. The number of allylic oxidation sites excluding steroid dienone is 1. The Labute approximate surface area is 85.5 Å². The maximum Gasteiger partial charge on any atom is 0.123 e. The monoisotopic (exact) mass is 190 g/mol. The van der Waals surface area contributed by atoms with Gasteiger partial charge in [-0.15, -0.1) is 19.4 Å². The predicted octanol–water partition coefficient (Wildman–Crippen LogP) is 3.44. The lowest BCUT2D eigenvalue weighted by molar-refractivity contribution is 0.625. The van der Waals surface area contributed by atoms with Crippen molar-refractivity contribution in [3.8, 4) is 12.8 Å². The third-order valence-electron chi connectivity index (χ3n) is 1.87. The molecule has 1 aromatic rings. The van der Waals surface area contributed by atoms with Crippen molar-refractivity contribution in [1.82, 2.24) is 0 Å². The van der Waals surface area contributed by atoms with Gasteiger partial charge >= 0.3 is 0 Å². The van der Waals surface area contributed by atoms with Crippen molar-refractivity contribution < 1.29 is 4.39 Å². The van der Waals surface area contributed by atoms with Gasteiger partial charge in [-0.1, -0.05) is 25.1 Å². The van der Waals surface area contributed by atoms with Crippen molar-refractivity contribution in [2.24, 2.45) is 5.92 Å². The number of hydrogen-bond donors (Lipinski definition) is 0. The number of rotatable bonds is 3. The van der Waals surface area contributed by atoms with Gasteiger partial charge in [0.2, 0.25) is 0 Å². The third kappa shape index (κ3) is 4.47. The van der Waals surface area contributed by atoms with Crippen molar-refractivity contribution in [2.45, 2.75) is 13.3 Å². The number of benzene rings is 1. The molecule has 0 saturated carbocycles. The highest BCUT2D eigenvalue weighted by Crippen LogP contribution is 2.09. The molecule has 0 nitrogen and oxygen atoms in total. The molecule has 0 N–H and O–H groups in total. The van der Waals surface area contributed by atoms with E-state index in [0.29, 0.717) is 5.92 Å². The molecule has 74 valence electrons. The van der Waals surface area contributed by atoms with E-state index in [2.05, 4.69) is 26.3 Å². The molecule has 1 unspecified atom stereocenters. The highest BCUT2D eigenvalue weighted by molar-refractivity contribution is 5.17. The Hall–Kier alpha value is -1.55. The first kappa shape index (κ1) is 12.4. The van der Waals surface area contributed by atoms with Crippen LogP contribution in [0.4, 0.5) is 4.39 Å². The van der Waals surface area contributed by atoms with Crippen LogP contribution < -0.4 is 0 Å². The van der Waals surface area contributed by atoms with Gasteiger partial charge < -0.3 is 0 Å². The van der Waals surface area contributed by atoms with Gasteiger partial charge in [-0.25, -0.2) is 4.39 Å². The Balaban J connectivity index is 0.000000791. The van der Waals surface area contributed by atoms with E-state index in [0.717, 1.165) is 12.0 Å². The zero-order chi connectivity index (χ0) is 11.0. The summed E-state index contributed by atoms with van der Waals surface area (Å²) in [5, 5.41) is 0. The first-order valence-corrected chi connectivity index (χ1v) is 4.42. The minimum Gasteiger partial charge on any atom is -0.207 e. The molecular weight excluding hydrogens is 175 g/mol. The highest BCUT2D eigenvalue weighted by atomic mass is 19.1. The zero-order valence-corrected chi connectivity index (χ0v) is 8.41. The number of halogens is 1. The molecule has 14 heavy (non-hydrogen) atoms. The van der Waals surface area contributed by atoms with E-state index in [1.807, 2.05) is 18.2 Å². The van der Waals surface area contributed by atoms with Crippen LogP contribution in [-0.2, 0) is 6.42 Å². The van der Waals surface area contributed by atoms with E-state index in [9.17, 15) is 4.39 Å². The average Bonchev–Trinajstić information content (AvgIpc) is 2.24. The molecule has 0 fully saturated rings. The summed E-state index contributed by atoms with van der Waals surface area (Å²) in [7, 11) is 0. The Bertz CT molecular complexity index is 282. The molecule has 0 saturated heterocycles. The predicted molar refractivity (Wildman–Crippen MR) is 59.4 cm³/mol. The molecule has 0 aliphatic carbocycles. The first-order chi connectivity index (χ1) is 6.72. The van der Waals surface area contributed by atoms with Gasteiger partial charge in [-0.3, -0.25) is 0 Å². The van der Waals surface area contributed by atoms with Gasteiger partial charge in [0.1, 0.15) is 5.82 Å². The summed E-state index contributed by atoms with van der Waals surface area (Å²) < 4.78 is 12.5. The van der Waals surface area contributed by atoms with Crippen LogP contribution in [0.15, 0.2) is 36.9 Å². The Morgan fingerprint density at radius 2 is 1.86 bits per heavy atom. The van der Waals surface area contributed by atoms with Crippen LogP contribution in [0.2, 0.25) is 0 Å². The topological polar surface area (TPSA) is 0 Å². The van der Waals surface area contributed by atoms with E-state index in [-0.39, 0.29) is 5.82 Å². The molecule has 0 amide bonds. The second-order valence-corrected chi connectivity index (χ2v) is 3.04. The fraction of sp³-hybridized carbons (Fsp3) is 0.231. The summed E-state index contributed by atoms with van der Waals surface area (Å²) in [6.45, 7) is 5.79. The highest BCUT2D eigenvalue weighted by Gasteiger charge is 1.98. The molecule has 0 aromatic heterocycles. The Morgan fingerprint density at radius 1 is 1.36 bits per heavy atom. The molecule has 0 aliphatic heterocycles. The lowest BCUT2D eigenvalue weighted by Crippen LogP contribution is -1.94. The van der Waals surface area contributed by atoms with Crippen LogP contribution in [-0.4, -0.2) is 0 Å². The van der Waals surface area contributed by atoms with Crippen LogP contribution in [0.5, 0.6) is 0 Å². The normalized spacial score (nSPS) is 10.9. The lowest BCUT2D eigenvalue weighted by atomic mass is 10.0. The van der Waals surface area contributed by atoms with Crippen molar-refractivity contribution in [3.05, 3.63) is 48.3 Å². The summed E-state index contributed by atoms with van der Waals surface area (Å²) in [4.78, 5) is 0. The van der Waals surface area contributed by atoms with E-state index in [1.54, 1.807) is 0 Å². The third-order valence-corrected chi connectivity index (χ3v) is 1.87. The van der Waals surface area contributed by atoms with Crippen LogP contribution >= 0.6 is 0 Å². The smallest absolute Gasteiger partial charge is 0.123 e. The van der Waals surface area contributed by atoms with Crippen molar-refractivity contribution in [2.75, 3.05) is 0 Å². The maximum absolute atomic E-state index is 12.5. The molecule has 0 heterocycles. The quantitative estimate of drug-likeness (QED) is 0.506. The van der Waals surface area contributed by atoms with Crippen LogP contribution in [0, 0.1) is 24.6 Å². The summed E-state index contributed by atoms with van der Waals surface area (Å²) in [5.74, 6) is 0.278. The molecule has 1 atom stereocenters. The van der Waals surface area contributed by atoms with Crippen LogP contribution in [0.3, 0.4) is 0 Å². The average molecular weight is 190 g/mol. The van der Waals surface area contributed by atoms with Gasteiger partial charge in [0.15, 0.2) is 0 Å². The van der Waals surface area contributed by atoms with E-state index < -0.39 is 0 Å². The van der Waals surface area contributed by atoms with E-state index >= 15 is 0 Å². The fourth-order valence-electron chi connectivity index (χ4n) is 1.08. The van der Waals surface area contributed by atoms with Gasteiger partial charge in [0.25, 0.3) is 0 Å². The molecule has 1 rings (SSSR count). The minimum absolute atomic E-state index is 0.176. The van der Waals surface area contributed by atoms with E-state index in [4.69, 9.17) is 0 Å². The van der Waals surface area contributed by atoms with Gasteiger partial charge in [-0.05, 0) is 30.0 Å². The summed E-state index contributed by atoms with van der Waals surface area (Å²) >= 11 is 0. The largest absolute Gasteiger partial charge is 0.207 e. The minimum atomic E-state index is -0.176. The number of hydrogen-bond acceptors (Lipinski definition) is 0. The second kappa shape index (κ2) is 6.91. The molecule has 0 radical (unpaired) electrons. The maximum atomic E-state index is 12.5. The second-order valence-electron chi connectivity index (χ2n) is 3.04. The molecule has 0 aliphatic rings. The molecule has 1 heteroatoms. The van der Waals surface area contributed by atoms with Crippen molar-refractivity contribution >= 4 is 0 Å². The first-order valence-electron chi connectivity index (χ1n) is 4.42. The molecule has 1 aromatic carbocycles. The Kier molecular flexibility index (Phi) is 6.15. The lowest BCUT2D eigenvalue weighted by Gasteiger charge is -2.04. The Morgan fingerprint density at radius 3 is 2.29 bits per heavy atom. The summed E-state index contributed by atoms with van der Waals surface area (Å²) in [5.41, 5.74) is 1.16. The van der Waals surface area contributed by atoms with Crippen molar-refractivity contribution in [3.63, 3.8) is 0 Å². The fourth-order valence-corrected chi connectivity index (χ4v) is 1.08. The van der Waals surface area contributed by atoms with E-state index in [1.165, 1.54) is 12.1 Å². The zero-order valence-electron chi connectivity index (χ0n) is 8.41. The van der Waals surface area contributed by atoms with Gasteiger partial charge in [-0.2, -0.15) is 0 Å². The SMILES string of the molecule is C#C.C=CC(C)Cc1ccc(F)cc1. The van der Waals surface area contributed by atoms with Gasteiger partial charge in [0, 0.05) is 0 Å². The molecule has 0 spiro atoms. The molecule has 0 bridgehead atoms.